The van der Waals surface area contributed by atoms with E-state index >= 15 is 0 Å². The van der Waals surface area contributed by atoms with Gasteiger partial charge in [-0.05, 0) is 117 Å². The molecule has 6 amide bonds. The van der Waals surface area contributed by atoms with E-state index in [1.807, 2.05) is 143 Å². The molecule has 19 heteroatoms. The van der Waals surface area contributed by atoms with E-state index in [0.717, 1.165) is 0 Å². The van der Waals surface area contributed by atoms with Crippen LogP contribution in [0.25, 0.3) is 0 Å². The van der Waals surface area contributed by atoms with Gasteiger partial charge in [-0.3, -0.25) is 62.6 Å². The lowest BCUT2D eigenvalue weighted by molar-refractivity contribution is -0.386. The SMILES string of the molecule is CC[C@@]1(C)N2C(=O)[C@@H](C)OC23O[C@H](C(C)(C)C)C(=O)N3[C@]1(C)CC.CC[C@]1(C)C(=O)[C@@](C)(CC)N2C(=O)[C@@](C)(C3C=CC=CC3)OC23O[C@](C)(C2C=CC=CC2)C(=O)N31.C[C@H]1OC23O[C@H](C(C)(C)C)C(=O)N2c2ccccc2N3C1=O. The van der Waals surface area contributed by atoms with Gasteiger partial charge in [-0.25, -0.2) is 9.80 Å². The number of Topliss-reactive ketones (excluding diaryl/α,β-unsaturated/α-hetero) is 1. The van der Waals surface area contributed by atoms with Crippen molar-refractivity contribution < 1.29 is 62.0 Å². The lowest BCUT2D eigenvalue weighted by Crippen LogP contribution is -2.80. The third-order valence-electron chi connectivity index (χ3n) is 20.0. The Balaban J connectivity index is 0.000000141. The van der Waals surface area contributed by atoms with Crippen molar-refractivity contribution >= 4 is 52.6 Å². The van der Waals surface area contributed by atoms with Crippen LogP contribution in [0.3, 0.4) is 0 Å². The number of amides is 6. The van der Waals surface area contributed by atoms with Gasteiger partial charge in [0.25, 0.3) is 35.4 Å². The first kappa shape index (κ1) is 58.6. The van der Waals surface area contributed by atoms with Crippen molar-refractivity contribution in [2.45, 2.75) is 239 Å². The summed E-state index contributed by atoms with van der Waals surface area (Å²) in [5.74, 6) is -1.88. The number of ketones is 1. The van der Waals surface area contributed by atoms with E-state index in [2.05, 4.69) is 6.92 Å². The molecule has 8 fully saturated rings. The molecule has 3 spiro atoms. The Morgan fingerprint density at radius 2 is 0.877 bits per heavy atom. The van der Waals surface area contributed by atoms with Crippen molar-refractivity contribution in [3.63, 3.8) is 0 Å². The van der Waals surface area contributed by atoms with Gasteiger partial charge in [-0.2, -0.15) is 0 Å². The summed E-state index contributed by atoms with van der Waals surface area (Å²) in [6.07, 6.45) is 16.5. The number of fused-ring (bicyclic) bond motifs is 3. The number of nitrogens with zero attached hydrogens (tertiary/aromatic N) is 6. The smallest absolute Gasteiger partial charge is 0.302 e. The van der Waals surface area contributed by atoms with Crippen LogP contribution in [0.4, 0.5) is 11.4 Å². The van der Waals surface area contributed by atoms with E-state index in [-0.39, 0.29) is 58.5 Å². The van der Waals surface area contributed by atoms with Gasteiger partial charge >= 0.3 is 18.1 Å². The Morgan fingerprint density at radius 3 is 1.28 bits per heavy atom. The van der Waals surface area contributed by atoms with Crippen LogP contribution in [0.5, 0.6) is 0 Å². The molecule has 9 heterocycles. The Hall–Kier alpha value is -5.57. The van der Waals surface area contributed by atoms with Gasteiger partial charge in [0.15, 0.2) is 17.0 Å². The summed E-state index contributed by atoms with van der Waals surface area (Å²) in [5.41, 5.74) is -5.55. The fraction of sp³-hybridized carbons (Fsp3) is 0.661. The molecule has 0 saturated carbocycles. The number of allylic oxidation sites excluding steroid dienone is 6. The fourth-order valence-electron chi connectivity index (χ4n) is 14.5. The molecular weight excluding hydrogens is 1040 g/mol. The molecule has 0 bridgehead atoms. The van der Waals surface area contributed by atoms with E-state index < -0.39 is 81.3 Å². The van der Waals surface area contributed by atoms with Crippen molar-refractivity contribution in [1.82, 2.24) is 19.6 Å². The zero-order chi connectivity index (χ0) is 59.6. The van der Waals surface area contributed by atoms with Gasteiger partial charge in [-0.1, -0.05) is 130 Å². The minimum absolute atomic E-state index is 0.0871. The van der Waals surface area contributed by atoms with Crippen LogP contribution >= 0.6 is 0 Å². The first-order chi connectivity index (χ1) is 37.6. The zero-order valence-corrected chi connectivity index (χ0v) is 50.6. The highest BCUT2D eigenvalue weighted by Crippen LogP contribution is 2.63. The maximum absolute atomic E-state index is 14.4. The first-order valence-electron chi connectivity index (χ1n) is 29.1. The molecule has 8 saturated heterocycles. The molecule has 14 atom stereocenters. The van der Waals surface area contributed by atoms with Crippen LogP contribution in [0, 0.1) is 22.7 Å². The van der Waals surface area contributed by atoms with E-state index in [4.69, 9.17) is 28.4 Å². The standard InChI is InChI=1S/C28H36N2O5.C18H30N2O4.C16H18N2O4/c1-7-24(3)21(31)25(4,8-2)30-23(33)27(6,20-17-13-10-14-18-20)35-28(30)29(24)22(32)26(5,34-28)19-15-11-9-12-16-19;1-9-16(7)17(8,10-2)20-14(22)12(15(4,5)6)24-18(20)19(16)13(21)11(3)23-18;1-9-13(19)17-10-7-5-6-8-11(10)18-14(20)12(15(2,3)4)22-16(17,18)21-9/h9-15,17,19-20H,7-8,16,18H2,1-6H3;11-12H,9-10H2,1-8H3;5-9,12H,1-4H3/t19?,20?,24-,25-,26-,27-,28?;11-,12+,16-,17-,18?;9-,12+,16?/m111/s1. The molecule has 81 heavy (non-hydrogen) atoms. The Morgan fingerprint density at radius 1 is 0.481 bits per heavy atom. The average molecular weight is 1120 g/mol. The number of rotatable bonds is 6. The van der Waals surface area contributed by atoms with Gasteiger partial charge in [-0.15, -0.1) is 0 Å². The van der Waals surface area contributed by atoms with Gasteiger partial charge < -0.3 is 18.9 Å². The predicted molar refractivity (Wildman–Crippen MR) is 298 cm³/mol. The number of anilines is 2. The van der Waals surface area contributed by atoms with Gasteiger partial charge in [0, 0.05) is 11.8 Å². The number of carbonyl (C=O) groups excluding carboxylic acids is 7. The summed E-state index contributed by atoms with van der Waals surface area (Å²) in [6, 6.07) is 2.61. The third kappa shape index (κ3) is 7.35. The van der Waals surface area contributed by atoms with Gasteiger partial charge in [0.2, 0.25) is 0 Å². The van der Waals surface area contributed by atoms with Crippen LogP contribution in [-0.2, 0) is 62.0 Å². The Kier molecular flexibility index (Phi) is 13.4. The molecule has 19 nitrogen and oxygen atoms in total. The second-order valence-electron chi connectivity index (χ2n) is 26.9. The minimum Gasteiger partial charge on any atom is -0.302 e. The molecule has 12 rings (SSSR count). The normalized spacial score (nSPS) is 42.5. The van der Waals surface area contributed by atoms with Crippen LogP contribution in [0.15, 0.2) is 72.9 Å². The Bertz CT molecular complexity index is 2930. The van der Waals surface area contributed by atoms with Crippen LogP contribution in [0.2, 0.25) is 0 Å². The molecule has 1 aromatic rings. The molecule has 0 radical (unpaired) electrons. The predicted octanol–water partition coefficient (Wildman–Crippen LogP) is 8.33. The molecule has 1 aromatic carbocycles. The highest BCUT2D eigenvalue weighted by molar-refractivity contribution is 6.14. The summed E-state index contributed by atoms with van der Waals surface area (Å²) in [4.78, 5) is 104. The molecule has 9 aliphatic heterocycles. The van der Waals surface area contributed by atoms with Crippen molar-refractivity contribution in [2.24, 2.45) is 22.7 Å². The highest BCUT2D eigenvalue weighted by Gasteiger charge is 2.84. The second-order valence-corrected chi connectivity index (χ2v) is 26.9. The molecule has 0 N–H and O–H groups in total. The number of hydrogen-bond acceptors (Lipinski definition) is 13. The Labute approximate surface area is 476 Å². The average Bonchev–Trinajstić information content (AvgIpc) is 2.09. The maximum Gasteiger partial charge on any atom is 0.358 e. The number of hydrogen-bond donors (Lipinski definition) is 0. The van der Waals surface area contributed by atoms with Crippen LogP contribution in [-0.4, -0.2) is 137 Å². The third-order valence-corrected chi connectivity index (χ3v) is 20.0. The summed E-state index contributed by atoms with van der Waals surface area (Å²) >= 11 is 0. The fourth-order valence-corrected chi connectivity index (χ4v) is 14.5. The largest absolute Gasteiger partial charge is 0.358 e. The molecule has 0 aromatic heterocycles. The monoisotopic (exact) mass is 1120 g/mol. The summed E-state index contributed by atoms with van der Waals surface area (Å²) in [5, 5.41) is 0. The number of para-hydroxylation sites is 2. The lowest BCUT2D eigenvalue weighted by Gasteiger charge is -2.58. The molecule has 11 aliphatic rings. The topological polar surface area (TPSA) is 194 Å². The molecule has 2 aliphatic carbocycles. The van der Waals surface area contributed by atoms with Crippen molar-refractivity contribution in [2.75, 3.05) is 9.80 Å². The highest BCUT2D eigenvalue weighted by atomic mass is 16.8. The van der Waals surface area contributed by atoms with Crippen LogP contribution < -0.4 is 9.80 Å². The number of carbonyl (C=O) groups is 7. The van der Waals surface area contributed by atoms with E-state index in [0.29, 0.717) is 49.9 Å². The van der Waals surface area contributed by atoms with Crippen molar-refractivity contribution in [3.8, 4) is 0 Å². The number of benzene rings is 1. The van der Waals surface area contributed by atoms with E-state index in [1.165, 1.54) is 19.6 Å². The molecular formula is C62H84N6O13. The first-order valence-corrected chi connectivity index (χ1v) is 29.1. The second kappa shape index (κ2) is 18.5. The molecule has 4 unspecified atom stereocenters. The summed E-state index contributed by atoms with van der Waals surface area (Å²) in [7, 11) is 0. The van der Waals surface area contributed by atoms with Crippen LogP contribution in [0.1, 0.15) is 163 Å². The van der Waals surface area contributed by atoms with Crippen molar-refractivity contribution in [3.05, 3.63) is 72.9 Å². The number of ether oxygens (including phenoxy) is 6. The van der Waals surface area contributed by atoms with E-state index in [1.54, 1.807) is 57.4 Å². The summed E-state index contributed by atoms with van der Waals surface area (Å²) in [6.45, 7) is 34.2. The quantitative estimate of drug-likeness (QED) is 0.264. The molecule has 440 valence electrons. The summed E-state index contributed by atoms with van der Waals surface area (Å²) < 4.78 is 37.8. The van der Waals surface area contributed by atoms with Gasteiger partial charge in [0.1, 0.15) is 35.5 Å². The van der Waals surface area contributed by atoms with Crippen molar-refractivity contribution in [1.29, 1.82) is 0 Å². The minimum atomic E-state index is -1.80. The lowest BCUT2D eigenvalue weighted by atomic mass is 9.73. The zero-order valence-electron chi connectivity index (χ0n) is 50.6. The van der Waals surface area contributed by atoms with E-state index in [9.17, 15) is 33.6 Å². The maximum atomic E-state index is 14.4. The van der Waals surface area contributed by atoms with Gasteiger partial charge in [0.05, 0.1) is 22.5 Å².